The number of nitrogens with one attached hydrogen (secondary N) is 1. The van der Waals surface area contributed by atoms with Crippen LogP contribution in [0.1, 0.15) is 23.1 Å². The number of carbonyl (C=O) groups is 1. The largest absolute Gasteiger partial charge is 0.345 e. The molecule has 3 rings (SSSR count). The van der Waals surface area contributed by atoms with Gasteiger partial charge in [-0.3, -0.25) is 9.69 Å². The van der Waals surface area contributed by atoms with Crippen LogP contribution in [0.5, 0.6) is 0 Å². The lowest BCUT2D eigenvalue weighted by atomic mass is 10.0. The van der Waals surface area contributed by atoms with Gasteiger partial charge < -0.3 is 9.84 Å². The van der Waals surface area contributed by atoms with Crippen LogP contribution >= 0.6 is 0 Å². The molecule has 0 fully saturated rings. The summed E-state index contributed by atoms with van der Waals surface area (Å²) in [6.45, 7) is 2.13. The van der Waals surface area contributed by atoms with Crippen LogP contribution in [-0.2, 0) is 11.3 Å². The highest BCUT2D eigenvalue weighted by molar-refractivity contribution is 5.83. The molecule has 0 aliphatic carbocycles. The number of hydrogen-bond donors (Lipinski definition) is 1. The molecule has 0 radical (unpaired) electrons. The van der Waals surface area contributed by atoms with Gasteiger partial charge in [-0.25, -0.2) is 9.97 Å². The number of aromatic nitrogens is 4. The lowest BCUT2D eigenvalue weighted by molar-refractivity contribution is -0.126. The summed E-state index contributed by atoms with van der Waals surface area (Å²) in [5, 5.41) is 6.69. The summed E-state index contributed by atoms with van der Waals surface area (Å²) < 4.78 is 5.17. The molecule has 26 heavy (non-hydrogen) atoms. The minimum Gasteiger partial charge on any atom is -0.345 e. The predicted molar refractivity (Wildman–Crippen MR) is 94.8 cm³/mol. The van der Waals surface area contributed by atoms with Crippen LogP contribution in [0, 0.1) is 6.92 Å². The molecule has 0 spiro atoms. The van der Waals surface area contributed by atoms with E-state index in [2.05, 4.69) is 25.4 Å². The Hall–Kier alpha value is -3.13. The Morgan fingerprint density at radius 2 is 1.96 bits per heavy atom. The number of amides is 1. The van der Waals surface area contributed by atoms with E-state index >= 15 is 0 Å². The molecular weight excluding hydrogens is 332 g/mol. The summed E-state index contributed by atoms with van der Waals surface area (Å²) in [4.78, 5) is 26.9. The van der Waals surface area contributed by atoms with Crippen LogP contribution < -0.4 is 5.32 Å². The second-order valence-corrected chi connectivity index (χ2v) is 6.08. The molecule has 8 nitrogen and oxygen atoms in total. The minimum absolute atomic E-state index is 0.134. The zero-order chi connectivity index (χ0) is 18.5. The fourth-order valence-corrected chi connectivity index (χ4v) is 2.62. The van der Waals surface area contributed by atoms with E-state index in [1.807, 2.05) is 50.2 Å². The molecule has 3 aromatic rings. The van der Waals surface area contributed by atoms with Crippen molar-refractivity contribution >= 4 is 5.91 Å². The van der Waals surface area contributed by atoms with Crippen molar-refractivity contribution in [1.82, 2.24) is 30.3 Å². The van der Waals surface area contributed by atoms with Gasteiger partial charge in [0.1, 0.15) is 6.04 Å². The molecule has 2 heterocycles. The van der Waals surface area contributed by atoms with Gasteiger partial charge in [-0.2, -0.15) is 4.98 Å². The zero-order valence-corrected chi connectivity index (χ0v) is 14.9. The summed E-state index contributed by atoms with van der Waals surface area (Å²) in [5.41, 5.74) is 2.03. The molecule has 1 N–H and O–H groups in total. The Morgan fingerprint density at radius 3 is 2.65 bits per heavy atom. The normalized spacial score (nSPS) is 12.2. The zero-order valence-electron chi connectivity index (χ0n) is 14.9. The van der Waals surface area contributed by atoms with Crippen LogP contribution in [0.15, 0.2) is 47.2 Å². The SMILES string of the molecule is Cc1cccc([C@H](C(=O)NCc2nc(-c3ncccn3)no2)N(C)C)c1. The van der Waals surface area contributed by atoms with Crippen molar-refractivity contribution in [2.75, 3.05) is 14.1 Å². The Kier molecular flexibility index (Phi) is 5.33. The van der Waals surface area contributed by atoms with Gasteiger partial charge in [0.2, 0.25) is 23.4 Å². The van der Waals surface area contributed by atoms with E-state index in [-0.39, 0.29) is 18.3 Å². The maximum Gasteiger partial charge on any atom is 0.246 e. The average molecular weight is 352 g/mol. The first-order valence-corrected chi connectivity index (χ1v) is 8.15. The van der Waals surface area contributed by atoms with Gasteiger partial charge >= 0.3 is 0 Å². The highest BCUT2D eigenvalue weighted by atomic mass is 16.5. The summed E-state index contributed by atoms with van der Waals surface area (Å²) in [6.07, 6.45) is 3.20. The Balaban J connectivity index is 1.68. The molecule has 1 aromatic carbocycles. The number of likely N-dealkylation sites (N-methyl/N-ethyl adjacent to an activating group) is 1. The lowest BCUT2D eigenvalue weighted by Crippen LogP contribution is -2.36. The molecule has 0 saturated carbocycles. The number of aryl methyl sites for hydroxylation is 1. The third kappa shape index (κ3) is 4.09. The second-order valence-electron chi connectivity index (χ2n) is 6.08. The Labute approximate surface area is 151 Å². The quantitative estimate of drug-likeness (QED) is 0.722. The first-order chi connectivity index (χ1) is 12.5. The van der Waals surface area contributed by atoms with Crippen molar-refractivity contribution in [1.29, 1.82) is 0 Å². The summed E-state index contributed by atoms with van der Waals surface area (Å²) in [6, 6.07) is 9.18. The van der Waals surface area contributed by atoms with Crippen molar-refractivity contribution in [3.8, 4) is 11.6 Å². The fourth-order valence-electron chi connectivity index (χ4n) is 2.62. The standard InChI is InChI=1S/C18H20N6O2/c1-12-6-4-7-13(10-12)15(24(2)3)18(25)21-11-14-22-17(23-26-14)16-19-8-5-9-20-16/h4-10,15H,11H2,1-3H3,(H,21,25)/t15-/m1/s1. The average Bonchev–Trinajstić information content (AvgIpc) is 3.10. The third-order valence-electron chi connectivity index (χ3n) is 3.77. The maximum absolute atomic E-state index is 12.7. The van der Waals surface area contributed by atoms with Gasteiger partial charge in [-0.15, -0.1) is 0 Å². The molecule has 2 aromatic heterocycles. The minimum atomic E-state index is -0.408. The summed E-state index contributed by atoms with van der Waals surface area (Å²) in [5.74, 6) is 0.816. The van der Waals surface area contributed by atoms with Crippen molar-refractivity contribution in [2.24, 2.45) is 0 Å². The monoisotopic (exact) mass is 352 g/mol. The molecule has 1 atom stereocenters. The number of hydrogen-bond acceptors (Lipinski definition) is 7. The van der Waals surface area contributed by atoms with Gasteiger partial charge in [0, 0.05) is 12.4 Å². The van der Waals surface area contributed by atoms with Crippen molar-refractivity contribution in [3.63, 3.8) is 0 Å². The third-order valence-corrected chi connectivity index (χ3v) is 3.77. The maximum atomic E-state index is 12.7. The Bertz CT molecular complexity index is 878. The van der Waals surface area contributed by atoms with Gasteiger partial charge in [-0.1, -0.05) is 35.0 Å². The molecule has 8 heteroatoms. The molecule has 0 aliphatic heterocycles. The van der Waals surface area contributed by atoms with Crippen LogP contribution in [0.25, 0.3) is 11.6 Å². The molecule has 0 aliphatic rings. The summed E-state index contributed by atoms with van der Waals surface area (Å²) >= 11 is 0. The van der Waals surface area contributed by atoms with Gasteiger partial charge in [0.15, 0.2) is 0 Å². The highest BCUT2D eigenvalue weighted by Gasteiger charge is 2.23. The molecular formula is C18H20N6O2. The predicted octanol–water partition coefficient (Wildman–Crippen LogP) is 1.75. The number of rotatable bonds is 6. The van der Waals surface area contributed by atoms with E-state index < -0.39 is 6.04 Å². The summed E-state index contributed by atoms with van der Waals surface area (Å²) in [7, 11) is 3.73. The van der Waals surface area contributed by atoms with E-state index in [0.29, 0.717) is 11.7 Å². The van der Waals surface area contributed by atoms with Crippen LogP contribution in [0.4, 0.5) is 0 Å². The second kappa shape index (κ2) is 7.83. The van der Waals surface area contributed by atoms with Gasteiger partial charge in [-0.05, 0) is 32.6 Å². The molecule has 0 bridgehead atoms. The first-order valence-electron chi connectivity index (χ1n) is 8.15. The number of nitrogens with zero attached hydrogens (tertiary/aromatic N) is 5. The van der Waals surface area contributed by atoms with E-state index in [0.717, 1.165) is 11.1 Å². The van der Waals surface area contributed by atoms with E-state index in [1.54, 1.807) is 18.5 Å². The van der Waals surface area contributed by atoms with E-state index in [4.69, 9.17) is 4.52 Å². The molecule has 134 valence electrons. The van der Waals surface area contributed by atoms with Gasteiger partial charge in [0.05, 0.1) is 6.54 Å². The van der Waals surface area contributed by atoms with Crippen LogP contribution in [0.2, 0.25) is 0 Å². The van der Waals surface area contributed by atoms with Crippen molar-refractivity contribution in [2.45, 2.75) is 19.5 Å². The fraction of sp³-hybridized carbons (Fsp3) is 0.278. The number of benzene rings is 1. The van der Waals surface area contributed by atoms with Gasteiger partial charge in [0.25, 0.3) is 0 Å². The van der Waals surface area contributed by atoms with Crippen LogP contribution in [-0.4, -0.2) is 45.0 Å². The van der Waals surface area contributed by atoms with E-state index in [9.17, 15) is 4.79 Å². The lowest BCUT2D eigenvalue weighted by Gasteiger charge is -2.23. The van der Waals surface area contributed by atoms with Crippen molar-refractivity contribution in [3.05, 3.63) is 59.7 Å². The topological polar surface area (TPSA) is 97.0 Å². The number of carbonyl (C=O) groups excluding carboxylic acids is 1. The first kappa shape index (κ1) is 17.7. The Morgan fingerprint density at radius 1 is 1.19 bits per heavy atom. The van der Waals surface area contributed by atoms with Crippen molar-refractivity contribution < 1.29 is 9.32 Å². The highest BCUT2D eigenvalue weighted by Crippen LogP contribution is 2.19. The molecule has 0 unspecified atom stereocenters. The smallest absolute Gasteiger partial charge is 0.246 e. The molecule has 0 saturated heterocycles. The molecule has 1 amide bonds. The van der Waals surface area contributed by atoms with Crippen LogP contribution in [0.3, 0.4) is 0 Å². The van der Waals surface area contributed by atoms with E-state index in [1.165, 1.54) is 0 Å².